The van der Waals surface area contributed by atoms with E-state index in [0.29, 0.717) is 30.6 Å². The highest BCUT2D eigenvalue weighted by atomic mass is 16.5. The number of ether oxygens (including phenoxy) is 2. The minimum Gasteiger partial charge on any atom is -0.484 e. The summed E-state index contributed by atoms with van der Waals surface area (Å²) in [6.07, 6.45) is 2.38. The van der Waals surface area contributed by atoms with Gasteiger partial charge in [-0.2, -0.15) is 4.98 Å². The highest BCUT2D eigenvalue weighted by molar-refractivity contribution is 5.77. The number of aromatic nitrogens is 2. The van der Waals surface area contributed by atoms with Crippen molar-refractivity contribution >= 4 is 11.7 Å². The molecule has 7 heteroatoms. The zero-order valence-electron chi connectivity index (χ0n) is 15.9. The van der Waals surface area contributed by atoms with Gasteiger partial charge in [0.15, 0.2) is 6.61 Å². The molecule has 1 saturated heterocycles. The molecule has 1 amide bonds. The molecule has 3 rings (SSSR count). The van der Waals surface area contributed by atoms with Gasteiger partial charge in [0.05, 0.1) is 6.54 Å². The van der Waals surface area contributed by atoms with E-state index >= 15 is 0 Å². The van der Waals surface area contributed by atoms with E-state index in [9.17, 15) is 4.79 Å². The van der Waals surface area contributed by atoms with Crippen LogP contribution in [0, 0.1) is 13.8 Å². The lowest BCUT2D eigenvalue weighted by Gasteiger charge is -2.17. The van der Waals surface area contributed by atoms with Gasteiger partial charge in [-0.05, 0) is 44.4 Å². The Kier molecular flexibility index (Phi) is 6.46. The maximum atomic E-state index is 11.9. The van der Waals surface area contributed by atoms with Crippen LogP contribution in [-0.2, 0) is 4.79 Å². The Balaban J connectivity index is 1.40. The predicted octanol–water partition coefficient (Wildman–Crippen LogP) is 2.27. The lowest BCUT2D eigenvalue weighted by Crippen LogP contribution is -2.32. The molecule has 0 saturated carbocycles. The summed E-state index contributed by atoms with van der Waals surface area (Å²) in [6, 6.07) is 9.47. The number of hydrogen-bond donors (Lipinski definition) is 1. The third-order valence-electron chi connectivity index (χ3n) is 4.26. The summed E-state index contributed by atoms with van der Waals surface area (Å²) in [5.41, 5.74) is 1.09. The van der Waals surface area contributed by atoms with Gasteiger partial charge in [0, 0.05) is 19.2 Å². The molecule has 1 aromatic carbocycles. The van der Waals surface area contributed by atoms with E-state index in [4.69, 9.17) is 9.47 Å². The number of carbonyl (C=O) groups excluding carboxylic acids is 1. The van der Waals surface area contributed by atoms with Crippen molar-refractivity contribution in [1.29, 1.82) is 0 Å². The lowest BCUT2D eigenvalue weighted by molar-refractivity contribution is -0.123. The molecule has 0 radical (unpaired) electrons. The fourth-order valence-electron chi connectivity index (χ4n) is 2.96. The maximum absolute atomic E-state index is 11.9. The minimum absolute atomic E-state index is 0.0187. The highest BCUT2D eigenvalue weighted by Crippen LogP contribution is 2.21. The van der Waals surface area contributed by atoms with Crippen molar-refractivity contribution < 1.29 is 14.3 Å². The zero-order chi connectivity index (χ0) is 19.1. The van der Waals surface area contributed by atoms with Gasteiger partial charge >= 0.3 is 0 Å². The first-order chi connectivity index (χ1) is 13.1. The number of nitrogens with one attached hydrogen (secondary N) is 1. The van der Waals surface area contributed by atoms with Crippen LogP contribution in [0.5, 0.6) is 11.6 Å². The molecule has 1 fully saturated rings. The van der Waals surface area contributed by atoms with Crippen LogP contribution in [0.2, 0.25) is 0 Å². The van der Waals surface area contributed by atoms with Gasteiger partial charge in [-0.25, -0.2) is 4.98 Å². The van der Waals surface area contributed by atoms with Crippen LogP contribution < -0.4 is 19.7 Å². The van der Waals surface area contributed by atoms with E-state index in [1.165, 1.54) is 12.8 Å². The summed E-state index contributed by atoms with van der Waals surface area (Å²) in [4.78, 5) is 22.9. The molecule has 2 aromatic rings. The number of hydrogen-bond acceptors (Lipinski definition) is 6. The molecule has 1 aliphatic heterocycles. The van der Waals surface area contributed by atoms with Crippen LogP contribution in [-0.4, -0.2) is 48.7 Å². The standard InChI is InChI=1S/C20H26N4O3/c1-15-6-5-7-17(12-15)27-14-19(25)21-8-11-26-20-13-18(22-16(2)23-20)24-9-3-4-10-24/h5-7,12-13H,3-4,8-11,14H2,1-2H3,(H,21,25). The van der Waals surface area contributed by atoms with Gasteiger partial charge in [0.1, 0.15) is 24.0 Å². The smallest absolute Gasteiger partial charge is 0.258 e. The molecule has 0 bridgehead atoms. The molecule has 0 spiro atoms. The molecule has 0 atom stereocenters. The topological polar surface area (TPSA) is 76.6 Å². The number of anilines is 1. The molecule has 27 heavy (non-hydrogen) atoms. The second-order valence-corrected chi connectivity index (χ2v) is 6.61. The monoisotopic (exact) mass is 370 g/mol. The molecule has 7 nitrogen and oxygen atoms in total. The fraction of sp³-hybridized carbons (Fsp3) is 0.450. The van der Waals surface area contributed by atoms with Gasteiger partial charge < -0.3 is 19.7 Å². The number of nitrogens with zero attached hydrogens (tertiary/aromatic N) is 3. The van der Waals surface area contributed by atoms with E-state index in [1.54, 1.807) is 0 Å². The Hall–Kier alpha value is -2.83. The SMILES string of the molecule is Cc1cccc(OCC(=O)NCCOc2cc(N3CCCC3)nc(C)n2)c1. The molecule has 1 aromatic heterocycles. The second kappa shape index (κ2) is 9.21. The van der Waals surface area contributed by atoms with Crippen LogP contribution in [0.25, 0.3) is 0 Å². The lowest BCUT2D eigenvalue weighted by atomic mass is 10.2. The van der Waals surface area contributed by atoms with Gasteiger partial charge in [-0.15, -0.1) is 0 Å². The van der Waals surface area contributed by atoms with Crippen molar-refractivity contribution in [3.05, 3.63) is 41.7 Å². The highest BCUT2D eigenvalue weighted by Gasteiger charge is 2.15. The first kappa shape index (κ1) is 18.9. The van der Waals surface area contributed by atoms with E-state index in [1.807, 2.05) is 44.2 Å². The maximum Gasteiger partial charge on any atom is 0.258 e. The number of carbonyl (C=O) groups is 1. The van der Waals surface area contributed by atoms with Crippen molar-refractivity contribution in [2.75, 3.05) is 37.7 Å². The predicted molar refractivity (Wildman–Crippen MR) is 103 cm³/mol. The van der Waals surface area contributed by atoms with Gasteiger partial charge in [0.25, 0.3) is 5.91 Å². The number of aryl methyl sites for hydroxylation is 2. The fourth-order valence-corrected chi connectivity index (χ4v) is 2.96. The molecule has 0 unspecified atom stereocenters. The summed E-state index contributed by atoms with van der Waals surface area (Å²) in [5.74, 6) is 2.63. The van der Waals surface area contributed by atoms with E-state index in [2.05, 4.69) is 20.2 Å². The largest absolute Gasteiger partial charge is 0.484 e. The van der Waals surface area contributed by atoms with Gasteiger partial charge in [-0.1, -0.05) is 12.1 Å². The second-order valence-electron chi connectivity index (χ2n) is 6.61. The van der Waals surface area contributed by atoms with Crippen molar-refractivity contribution in [1.82, 2.24) is 15.3 Å². The van der Waals surface area contributed by atoms with Crippen LogP contribution >= 0.6 is 0 Å². The van der Waals surface area contributed by atoms with Gasteiger partial charge in [0.2, 0.25) is 5.88 Å². The van der Waals surface area contributed by atoms with Crippen LogP contribution in [0.1, 0.15) is 24.2 Å². The van der Waals surface area contributed by atoms with Crippen molar-refractivity contribution in [2.24, 2.45) is 0 Å². The molecule has 144 valence electrons. The summed E-state index contributed by atoms with van der Waals surface area (Å²) >= 11 is 0. The minimum atomic E-state index is -0.184. The molecular formula is C20H26N4O3. The first-order valence-electron chi connectivity index (χ1n) is 9.30. The van der Waals surface area contributed by atoms with Crippen LogP contribution in [0.15, 0.2) is 30.3 Å². The number of rotatable bonds is 8. The van der Waals surface area contributed by atoms with E-state index in [0.717, 1.165) is 24.5 Å². The normalized spacial score (nSPS) is 13.5. The molecule has 1 aliphatic rings. The number of amides is 1. The summed E-state index contributed by atoms with van der Waals surface area (Å²) in [7, 11) is 0. The third-order valence-corrected chi connectivity index (χ3v) is 4.26. The first-order valence-corrected chi connectivity index (χ1v) is 9.30. The van der Waals surface area contributed by atoms with Crippen LogP contribution in [0.4, 0.5) is 5.82 Å². The molecule has 0 aliphatic carbocycles. The Morgan fingerprint density at radius 2 is 1.96 bits per heavy atom. The van der Waals surface area contributed by atoms with Crippen LogP contribution in [0.3, 0.4) is 0 Å². The molecular weight excluding hydrogens is 344 g/mol. The van der Waals surface area contributed by atoms with Crippen molar-refractivity contribution in [2.45, 2.75) is 26.7 Å². The summed E-state index contributed by atoms with van der Waals surface area (Å²) < 4.78 is 11.2. The van der Waals surface area contributed by atoms with E-state index < -0.39 is 0 Å². The summed E-state index contributed by atoms with van der Waals surface area (Å²) in [6.45, 7) is 6.59. The Bertz CT molecular complexity index is 776. The van der Waals surface area contributed by atoms with Gasteiger partial charge in [-0.3, -0.25) is 4.79 Å². The average Bonchev–Trinajstić information content (AvgIpc) is 3.18. The third kappa shape index (κ3) is 5.84. The van der Waals surface area contributed by atoms with E-state index in [-0.39, 0.29) is 12.5 Å². The quantitative estimate of drug-likeness (QED) is 0.719. The molecule has 1 N–H and O–H groups in total. The molecule has 2 heterocycles. The Morgan fingerprint density at radius 1 is 1.15 bits per heavy atom. The Morgan fingerprint density at radius 3 is 2.74 bits per heavy atom. The van der Waals surface area contributed by atoms with Crippen molar-refractivity contribution in [3.63, 3.8) is 0 Å². The summed E-state index contributed by atoms with van der Waals surface area (Å²) in [5, 5.41) is 2.78. The number of benzene rings is 1. The average molecular weight is 370 g/mol. The Labute approximate surface area is 159 Å². The van der Waals surface area contributed by atoms with Crippen molar-refractivity contribution in [3.8, 4) is 11.6 Å². The zero-order valence-corrected chi connectivity index (χ0v) is 15.9.